The monoisotopic (exact) mass is 370 g/mol. The summed E-state index contributed by atoms with van der Waals surface area (Å²) in [6.07, 6.45) is 2.82. The van der Waals surface area contributed by atoms with Crippen LogP contribution in [0.15, 0.2) is 29.2 Å². The minimum atomic E-state index is -3.09. The van der Waals surface area contributed by atoms with Crippen LogP contribution in [-0.2, 0) is 10.0 Å². The van der Waals surface area contributed by atoms with Gasteiger partial charge in [0.15, 0.2) is 0 Å². The molecule has 0 radical (unpaired) electrons. The molecule has 1 heterocycles. The van der Waals surface area contributed by atoms with E-state index in [9.17, 15) is 13.2 Å². The van der Waals surface area contributed by atoms with Gasteiger partial charge in [0, 0.05) is 35.3 Å². The molecule has 0 bridgehead atoms. The molecule has 0 aliphatic carbocycles. The van der Waals surface area contributed by atoms with E-state index in [1.54, 1.807) is 11.8 Å². The van der Waals surface area contributed by atoms with Crippen LogP contribution < -0.4 is 5.32 Å². The van der Waals surface area contributed by atoms with Crippen LogP contribution in [0.4, 0.5) is 0 Å². The van der Waals surface area contributed by atoms with Gasteiger partial charge in [-0.25, -0.2) is 12.7 Å². The number of hydrogen-bond acceptors (Lipinski definition) is 4. The number of sulfonamides is 1. The molecule has 0 saturated carbocycles. The summed E-state index contributed by atoms with van der Waals surface area (Å²) >= 11 is 1.77. The predicted octanol–water partition coefficient (Wildman–Crippen LogP) is 2.59. The zero-order chi connectivity index (χ0) is 17.7. The van der Waals surface area contributed by atoms with E-state index in [1.807, 2.05) is 24.3 Å². The van der Waals surface area contributed by atoms with E-state index in [0.717, 1.165) is 17.7 Å². The van der Waals surface area contributed by atoms with Crippen LogP contribution in [0, 0.1) is 5.92 Å². The summed E-state index contributed by atoms with van der Waals surface area (Å²) in [7, 11) is -3.09. The van der Waals surface area contributed by atoms with Crippen molar-refractivity contribution in [1.29, 1.82) is 0 Å². The van der Waals surface area contributed by atoms with Crippen LogP contribution in [0.1, 0.15) is 37.0 Å². The number of carbonyl (C=O) groups is 1. The summed E-state index contributed by atoms with van der Waals surface area (Å²) < 4.78 is 24.5. The first kappa shape index (κ1) is 19.3. The first-order chi connectivity index (χ1) is 11.3. The van der Waals surface area contributed by atoms with E-state index in [0.29, 0.717) is 36.4 Å². The van der Waals surface area contributed by atoms with Gasteiger partial charge >= 0.3 is 0 Å². The lowest BCUT2D eigenvalue weighted by molar-refractivity contribution is 0.0941. The Morgan fingerprint density at radius 2 is 1.83 bits per heavy atom. The third-order valence-corrected chi connectivity index (χ3v) is 6.40. The van der Waals surface area contributed by atoms with E-state index in [2.05, 4.69) is 19.2 Å². The quantitative estimate of drug-likeness (QED) is 0.782. The predicted molar refractivity (Wildman–Crippen MR) is 98.9 cm³/mol. The van der Waals surface area contributed by atoms with E-state index in [1.165, 1.54) is 10.6 Å². The number of hydrogen-bond donors (Lipinski definition) is 1. The van der Waals surface area contributed by atoms with Crippen LogP contribution in [0.2, 0.25) is 0 Å². The summed E-state index contributed by atoms with van der Waals surface area (Å²) in [5, 5.41) is 3.48. The van der Waals surface area contributed by atoms with Gasteiger partial charge in [-0.1, -0.05) is 13.8 Å². The molecular weight excluding hydrogens is 344 g/mol. The lowest BCUT2D eigenvalue weighted by atomic mass is 9.98. The molecule has 134 valence electrons. The zero-order valence-corrected chi connectivity index (χ0v) is 16.1. The second kappa shape index (κ2) is 8.36. The molecule has 7 heteroatoms. The van der Waals surface area contributed by atoms with Gasteiger partial charge in [-0.3, -0.25) is 4.79 Å². The number of carbonyl (C=O) groups excluding carboxylic acids is 1. The maximum absolute atomic E-state index is 12.2. The van der Waals surface area contributed by atoms with Crippen molar-refractivity contribution in [2.75, 3.05) is 25.9 Å². The second-order valence-corrected chi connectivity index (χ2v) is 10.1. The second-order valence-electron chi connectivity index (χ2n) is 6.51. The molecule has 0 atom stereocenters. The number of rotatable bonds is 6. The average Bonchev–Trinajstić information content (AvgIpc) is 2.52. The summed E-state index contributed by atoms with van der Waals surface area (Å²) in [6.45, 7) is 5.96. The Bertz CT molecular complexity index is 649. The van der Waals surface area contributed by atoms with Gasteiger partial charge in [0.25, 0.3) is 5.91 Å². The SMILES string of the molecule is CC(C)Sc1ccc(C(=O)NCC2CCN(S(C)(=O)=O)CC2)cc1. The molecule has 24 heavy (non-hydrogen) atoms. The van der Waals surface area contributed by atoms with E-state index < -0.39 is 10.0 Å². The Balaban J connectivity index is 1.79. The van der Waals surface area contributed by atoms with Gasteiger partial charge in [0.05, 0.1) is 6.26 Å². The smallest absolute Gasteiger partial charge is 0.251 e. The van der Waals surface area contributed by atoms with Gasteiger partial charge in [0.1, 0.15) is 0 Å². The molecule has 1 aromatic rings. The molecule has 1 aliphatic rings. The van der Waals surface area contributed by atoms with Gasteiger partial charge in [-0.2, -0.15) is 0 Å². The lowest BCUT2D eigenvalue weighted by Gasteiger charge is -2.30. The highest BCUT2D eigenvalue weighted by molar-refractivity contribution is 7.99. The summed E-state index contributed by atoms with van der Waals surface area (Å²) in [5.41, 5.74) is 0.664. The van der Waals surface area contributed by atoms with Crippen molar-refractivity contribution < 1.29 is 13.2 Å². The van der Waals surface area contributed by atoms with E-state index in [4.69, 9.17) is 0 Å². The van der Waals surface area contributed by atoms with Crippen LogP contribution in [0.25, 0.3) is 0 Å². The molecule has 0 unspecified atom stereocenters. The molecule has 0 aromatic heterocycles. The molecule has 1 aliphatic heterocycles. The molecule has 1 N–H and O–H groups in total. The van der Waals surface area contributed by atoms with Crippen molar-refractivity contribution in [1.82, 2.24) is 9.62 Å². The van der Waals surface area contributed by atoms with Crippen LogP contribution in [0.5, 0.6) is 0 Å². The highest BCUT2D eigenvalue weighted by Crippen LogP contribution is 2.23. The Morgan fingerprint density at radius 1 is 1.25 bits per heavy atom. The first-order valence-electron chi connectivity index (χ1n) is 8.25. The van der Waals surface area contributed by atoms with Gasteiger partial charge in [-0.05, 0) is 43.0 Å². The zero-order valence-electron chi connectivity index (χ0n) is 14.5. The van der Waals surface area contributed by atoms with Crippen LogP contribution in [0.3, 0.4) is 0 Å². The fourth-order valence-corrected chi connectivity index (χ4v) is 4.45. The topological polar surface area (TPSA) is 66.5 Å². The molecule has 0 spiro atoms. The van der Waals surface area contributed by atoms with E-state index in [-0.39, 0.29) is 5.91 Å². The Morgan fingerprint density at radius 3 is 2.33 bits per heavy atom. The maximum atomic E-state index is 12.2. The van der Waals surface area contributed by atoms with Crippen molar-refractivity contribution in [3.05, 3.63) is 29.8 Å². The van der Waals surface area contributed by atoms with Crippen LogP contribution >= 0.6 is 11.8 Å². The van der Waals surface area contributed by atoms with Crippen molar-refractivity contribution in [3.63, 3.8) is 0 Å². The average molecular weight is 371 g/mol. The number of amides is 1. The molecule has 1 amide bonds. The summed E-state index contributed by atoms with van der Waals surface area (Å²) in [5.74, 6) is 0.268. The minimum Gasteiger partial charge on any atom is -0.352 e. The van der Waals surface area contributed by atoms with Crippen molar-refractivity contribution in [2.24, 2.45) is 5.92 Å². The number of benzene rings is 1. The number of nitrogens with one attached hydrogen (secondary N) is 1. The number of piperidine rings is 1. The summed E-state index contributed by atoms with van der Waals surface area (Å²) in [4.78, 5) is 13.4. The molecule has 1 saturated heterocycles. The Hall–Kier alpha value is -1.05. The van der Waals surface area contributed by atoms with Crippen molar-refractivity contribution in [3.8, 4) is 0 Å². The Labute approximate surface area is 149 Å². The molecule has 1 fully saturated rings. The largest absolute Gasteiger partial charge is 0.352 e. The normalized spacial score (nSPS) is 17.2. The third-order valence-electron chi connectivity index (χ3n) is 4.08. The molecule has 5 nitrogen and oxygen atoms in total. The van der Waals surface area contributed by atoms with Gasteiger partial charge < -0.3 is 5.32 Å². The van der Waals surface area contributed by atoms with Crippen molar-refractivity contribution in [2.45, 2.75) is 36.8 Å². The highest BCUT2D eigenvalue weighted by atomic mass is 32.2. The van der Waals surface area contributed by atoms with Gasteiger partial charge in [-0.15, -0.1) is 11.8 Å². The molecular formula is C17H26N2O3S2. The number of nitrogens with zero attached hydrogens (tertiary/aromatic N) is 1. The lowest BCUT2D eigenvalue weighted by Crippen LogP contribution is -2.41. The number of thioether (sulfide) groups is 1. The highest BCUT2D eigenvalue weighted by Gasteiger charge is 2.25. The first-order valence-corrected chi connectivity index (χ1v) is 11.0. The van der Waals surface area contributed by atoms with Crippen LogP contribution in [-0.4, -0.2) is 49.8 Å². The molecule has 1 aromatic carbocycles. The molecule has 2 rings (SSSR count). The van der Waals surface area contributed by atoms with Gasteiger partial charge in [0.2, 0.25) is 10.0 Å². The fraction of sp³-hybridized carbons (Fsp3) is 0.588. The summed E-state index contributed by atoms with van der Waals surface area (Å²) in [6, 6.07) is 7.66. The van der Waals surface area contributed by atoms with Crippen molar-refractivity contribution >= 4 is 27.7 Å². The third kappa shape index (κ3) is 5.79. The fourth-order valence-electron chi connectivity index (χ4n) is 2.74. The maximum Gasteiger partial charge on any atom is 0.251 e. The standard InChI is InChI=1S/C17H26N2O3S2/c1-13(2)23-16-6-4-15(5-7-16)17(20)18-12-14-8-10-19(11-9-14)24(3,21)22/h4-7,13-14H,8-12H2,1-3H3,(H,18,20). The Kier molecular flexibility index (Phi) is 6.71. The minimum absolute atomic E-state index is 0.0679. The van der Waals surface area contributed by atoms with E-state index >= 15 is 0 Å².